The van der Waals surface area contributed by atoms with Crippen molar-refractivity contribution in [2.75, 3.05) is 19.6 Å². The molecule has 1 saturated carbocycles. The molecule has 2 unspecified atom stereocenters. The summed E-state index contributed by atoms with van der Waals surface area (Å²) in [6.45, 7) is 6.26. The second-order valence-electron chi connectivity index (χ2n) is 6.30. The molecule has 2 saturated heterocycles. The lowest BCUT2D eigenvalue weighted by Crippen LogP contribution is -2.58. The number of rotatable bonds is 1. The van der Waals surface area contributed by atoms with Crippen molar-refractivity contribution in [3.05, 3.63) is 0 Å². The Bertz CT molecular complexity index is 263. The molecule has 0 aromatic heterocycles. The van der Waals surface area contributed by atoms with Crippen LogP contribution in [0.5, 0.6) is 0 Å². The number of hydrogen-bond acceptors (Lipinski definition) is 3. The zero-order valence-electron chi connectivity index (χ0n) is 11.0. The van der Waals surface area contributed by atoms with E-state index in [0.29, 0.717) is 6.04 Å². The Hall–Kier alpha value is -0.120. The van der Waals surface area contributed by atoms with Gasteiger partial charge >= 0.3 is 0 Å². The number of fused-ring (bicyclic) bond motifs is 1. The summed E-state index contributed by atoms with van der Waals surface area (Å²) in [5.41, 5.74) is 0. The van der Waals surface area contributed by atoms with Gasteiger partial charge in [0.15, 0.2) is 0 Å². The van der Waals surface area contributed by atoms with Crippen molar-refractivity contribution in [2.24, 2.45) is 0 Å². The van der Waals surface area contributed by atoms with Crippen molar-refractivity contribution in [3.8, 4) is 0 Å². The van der Waals surface area contributed by atoms with Crippen LogP contribution in [0.4, 0.5) is 0 Å². The zero-order chi connectivity index (χ0) is 11.8. The maximum Gasteiger partial charge on any atom is 0.0541 e. The van der Waals surface area contributed by atoms with E-state index in [1.54, 1.807) is 0 Å². The number of nitrogens with zero attached hydrogens (tertiary/aromatic N) is 2. The molecule has 0 bridgehead atoms. The molecule has 2 heterocycles. The van der Waals surface area contributed by atoms with E-state index in [9.17, 15) is 5.11 Å². The minimum absolute atomic E-state index is 0.0191. The summed E-state index contributed by atoms with van der Waals surface area (Å²) in [6.07, 6.45) is 7.23. The molecule has 1 aliphatic carbocycles. The van der Waals surface area contributed by atoms with Gasteiger partial charge in [-0.3, -0.25) is 9.80 Å². The number of aliphatic hydroxyl groups is 1. The molecule has 0 radical (unpaired) electrons. The van der Waals surface area contributed by atoms with Crippen LogP contribution in [-0.2, 0) is 0 Å². The quantitative estimate of drug-likeness (QED) is 0.749. The van der Waals surface area contributed by atoms with E-state index in [1.807, 2.05) is 0 Å². The van der Waals surface area contributed by atoms with Crippen molar-refractivity contribution >= 4 is 0 Å². The largest absolute Gasteiger partial charge is 0.393 e. The third-order valence-electron chi connectivity index (χ3n) is 5.12. The predicted molar refractivity (Wildman–Crippen MR) is 69.0 cm³/mol. The van der Waals surface area contributed by atoms with Gasteiger partial charge in [-0.1, -0.05) is 0 Å². The van der Waals surface area contributed by atoms with E-state index in [4.69, 9.17) is 0 Å². The molecule has 2 aliphatic heterocycles. The molecular weight excluding hydrogens is 212 g/mol. The summed E-state index contributed by atoms with van der Waals surface area (Å²) < 4.78 is 0. The van der Waals surface area contributed by atoms with Crippen LogP contribution in [0.2, 0.25) is 0 Å². The second-order valence-corrected chi connectivity index (χ2v) is 6.30. The van der Waals surface area contributed by atoms with Crippen LogP contribution in [0.15, 0.2) is 0 Å². The van der Waals surface area contributed by atoms with Crippen LogP contribution < -0.4 is 0 Å². The summed E-state index contributed by atoms with van der Waals surface area (Å²) in [6, 6.07) is 2.29. The molecule has 1 N–H and O–H groups in total. The van der Waals surface area contributed by atoms with Crippen LogP contribution in [0.3, 0.4) is 0 Å². The highest BCUT2D eigenvalue weighted by Gasteiger charge is 2.37. The number of aliphatic hydroxyl groups excluding tert-OH is 1. The summed E-state index contributed by atoms with van der Waals surface area (Å²) in [5.74, 6) is 0. The molecule has 3 rings (SSSR count). The second kappa shape index (κ2) is 4.87. The van der Waals surface area contributed by atoms with E-state index in [0.717, 1.165) is 24.9 Å². The van der Waals surface area contributed by atoms with Gasteiger partial charge in [-0.25, -0.2) is 0 Å². The Labute approximate surface area is 105 Å². The normalized spacial score (nSPS) is 44.8. The summed E-state index contributed by atoms with van der Waals surface area (Å²) in [4.78, 5) is 5.44. The molecule has 98 valence electrons. The van der Waals surface area contributed by atoms with Crippen LogP contribution >= 0.6 is 0 Å². The monoisotopic (exact) mass is 238 g/mol. The van der Waals surface area contributed by atoms with E-state index < -0.39 is 0 Å². The molecular formula is C14H26N2O. The Morgan fingerprint density at radius 3 is 2.47 bits per heavy atom. The molecule has 0 spiro atoms. The lowest BCUT2D eigenvalue weighted by Gasteiger charge is -2.47. The molecule has 3 aliphatic rings. The molecule has 0 aromatic rings. The van der Waals surface area contributed by atoms with Gasteiger partial charge in [0.1, 0.15) is 0 Å². The fraction of sp³-hybridized carbons (Fsp3) is 1.00. The van der Waals surface area contributed by atoms with Crippen LogP contribution in [0.25, 0.3) is 0 Å². The van der Waals surface area contributed by atoms with Crippen molar-refractivity contribution in [2.45, 2.75) is 69.7 Å². The van der Waals surface area contributed by atoms with Gasteiger partial charge in [0.2, 0.25) is 0 Å². The first kappa shape index (κ1) is 11.9. The molecule has 0 aromatic carbocycles. The Kier molecular flexibility index (Phi) is 3.42. The van der Waals surface area contributed by atoms with Gasteiger partial charge in [0.05, 0.1) is 6.10 Å². The first-order valence-corrected chi connectivity index (χ1v) is 7.42. The maximum absolute atomic E-state index is 9.61. The third-order valence-corrected chi connectivity index (χ3v) is 5.12. The number of hydrogen-bond donors (Lipinski definition) is 1. The Balaban J connectivity index is 1.62. The van der Waals surface area contributed by atoms with Gasteiger partial charge in [-0.15, -0.1) is 0 Å². The summed E-state index contributed by atoms with van der Waals surface area (Å²) >= 11 is 0. The van der Waals surface area contributed by atoms with Crippen molar-refractivity contribution in [1.29, 1.82) is 0 Å². The lowest BCUT2D eigenvalue weighted by atomic mass is 9.90. The SMILES string of the molecule is CC1CN2CCCC2CN1C1CCC(O)CC1. The average Bonchev–Trinajstić information content (AvgIpc) is 2.76. The minimum atomic E-state index is -0.0191. The maximum atomic E-state index is 9.61. The first-order chi connectivity index (χ1) is 8.24. The van der Waals surface area contributed by atoms with E-state index in [-0.39, 0.29) is 6.10 Å². The van der Waals surface area contributed by atoms with Gasteiger partial charge in [-0.2, -0.15) is 0 Å². The predicted octanol–water partition coefficient (Wildman–Crippen LogP) is 1.46. The van der Waals surface area contributed by atoms with E-state index in [1.165, 1.54) is 45.3 Å². The molecule has 0 amide bonds. The smallest absolute Gasteiger partial charge is 0.0541 e. The van der Waals surface area contributed by atoms with Gasteiger partial charge in [0.25, 0.3) is 0 Å². The highest BCUT2D eigenvalue weighted by atomic mass is 16.3. The highest BCUT2D eigenvalue weighted by Crippen LogP contribution is 2.30. The highest BCUT2D eigenvalue weighted by molar-refractivity contribution is 4.94. The van der Waals surface area contributed by atoms with Crippen LogP contribution in [0, 0.1) is 0 Å². The van der Waals surface area contributed by atoms with Gasteiger partial charge in [0, 0.05) is 31.2 Å². The summed E-state index contributed by atoms with van der Waals surface area (Å²) in [7, 11) is 0. The fourth-order valence-corrected chi connectivity index (χ4v) is 4.11. The molecule has 3 heteroatoms. The number of piperazine rings is 1. The van der Waals surface area contributed by atoms with Crippen LogP contribution in [-0.4, -0.2) is 58.8 Å². The van der Waals surface area contributed by atoms with E-state index in [2.05, 4.69) is 16.7 Å². The molecule has 3 fully saturated rings. The average molecular weight is 238 g/mol. The Morgan fingerprint density at radius 2 is 1.71 bits per heavy atom. The van der Waals surface area contributed by atoms with Crippen molar-refractivity contribution < 1.29 is 5.11 Å². The molecule has 2 atom stereocenters. The first-order valence-electron chi connectivity index (χ1n) is 7.42. The topological polar surface area (TPSA) is 26.7 Å². The molecule has 17 heavy (non-hydrogen) atoms. The van der Waals surface area contributed by atoms with Gasteiger partial charge < -0.3 is 5.11 Å². The molecule has 3 nitrogen and oxygen atoms in total. The van der Waals surface area contributed by atoms with Crippen molar-refractivity contribution in [1.82, 2.24) is 9.80 Å². The standard InChI is InChI=1S/C14H26N2O/c1-11-9-15-8-2-3-13(15)10-16(11)12-4-6-14(17)7-5-12/h11-14,17H,2-10H2,1H3. The van der Waals surface area contributed by atoms with Crippen molar-refractivity contribution in [3.63, 3.8) is 0 Å². The van der Waals surface area contributed by atoms with E-state index >= 15 is 0 Å². The zero-order valence-corrected chi connectivity index (χ0v) is 11.0. The third kappa shape index (κ3) is 2.38. The summed E-state index contributed by atoms with van der Waals surface area (Å²) in [5, 5.41) is 9.61. The van der Waals surface area contributed by atoms with Gasteiger partial charge in [-0.05, 0) is 52.0 Å². The fourth-order valence-electron chi connectivity index (χ4n) is 4.11. The lowest BCUT2D eigenvalue weighted by molar-refractivity contribution is -0.000866. The Morgan fingerprint density at radius 1 is 0.941 bits per heavy atom. The minimum Gasteiger partial charge on any atom is -0.393 e. The van der Waals surface area contributed by atoms with Crippen LogP contribution in [0.1, 0.15) is 45.4 Å².